The monoisotopic (exact) mass is 182 g/mol. The topological polar surface area (TPSA) is 32.6 Å². The zero-order valence-electron chi connectivity index (χ0n) is 7.08. The quantitative estimate of drug-likeness (QED) is 0.526. The zero-order valence-corrected chi connectivity index (χ0v) is 7.90. The lowest BCUT2D eigenvalue weighted by atomic mass is 10.0. The highest BCUT2D eigenvalue weighted by atomic mass is 32.2. The highest BCUT2D eigenvalue weighted by Crippen LogP contribution is 2.24. The minimum atomic E-state index is 0.678. The molecule has 0 unspecified atom stereocenters. The molecule has 0 saturated heterocycles. The van der Waals surface area contributed by atoms with E-state index >= 15 is 0 Å². The Bertz CT molecular complexity index is 253. The molecule has 0 amide bonds. The van der Waals surface area contributed by atoms with Crippen LogP contribution in [0, 0.1) is 6.92 Å². The lowest BCUT2D eigenvalue weighted by Crippen LogP contribution is -2.06. The van der Waals surface area contributed by atoms with Crippen molar-refractivity contribution >= 4 is 17.5 Å². The Morgan fingerprint density at radius 2 is 2.42 bits per heavy atom. The lowest BCUT2D eigenvalue weighted by Gasteiger charge is -2.12. The predicted octanol–water partition coefficient (Wildman–Crippen LogP) is 2.62. The molecule has 0 heterocycles. The van der Waals surface area contributed by atoms with Crippen molar-refractivity contribution in [3.05, 3.63) is 29.6 Å². The van der Waals surface area contributed by atoms with Crippen molar-refractivity contribution in [2.45, 2.75) is 12.8 Å². The summed E-state index contributed by atoms with van der Waals surface area (Å²) in [5, 5.41) is 11.9. The smallest absolute Gasteiger partial charge is 0.0876 e. The summed E-state index contributed by atoms with van der Waals surface area (Å²) in [6.07, 6.45) is 7.46. The average molecular weight is 182 g/mol. The molecule has 1 rings (SSSR count). The van der Waals surface area contributed by atoms with E-state index in [4.69, 9.17) is 5.21 Å². The van der Waals surface area contributed by atoms with Gasteiger partial charge in [0.1, 0.15) is 0 Å². The van der Waals surface area contributed by atoms with Gasteiger partial charge in [-0.25, -0.2) is 0 Å². The molecule has 0 saturated carbocycles. The van der Waals surface area contributed by atoms with Crippen molar-refractivity contribution in [1.29, 1.82) is 0 Å². The maximum absolute atomic E-state index is 8.69. The van der Waals surface area contributed by atoms with E-state index in [1.54, 1.807) is 11.8 Å². The molecule has 0 bridgehead atoms. The third-order valence-corrected chi connectivity index (χ3v) is 2.64. The molecule has 0 spiro atoms. The Balaban J connectivity index is 2.85. The Kier molecular flexibility index (Phi) is 3.41. The van der Waals surface area contributed by atoms with Crippen LogP contribution < -0.4 is 0 Å². The minimum absolute atomic E-state index is 0.678. The predicted molar refractivity (Wildman–Crippen MR) is 53.5 cm³/mol. The van der Waals surface area contributed by atoms with Gasteiger partial charge in [0.05, 0.1) is 5.71 Å². The Hall–Kier alpha value is -0.700. The second-order valence-corrected chi connectivity index (χ2v) is 3.44. The molecule has 0 aromatic carbocycles. The maximum atomic E-state index is 8.69. The van der Waals surface area contributed by atoms with Crippen LogP contribution in [0.15, 0.2) is 27.8 Å². The van der Waals surface area contributed by atoms with Crippen LogP contribution in [0.2, 0.25) is 0 Å². The van der Waals surface area contributed by atoms with Crippen molar-refractivity contribution < 1.29 is 5.21 Å². The SMILES string of the molecule is [CH2]CC1=CC=C(SC)CC1=NO. The van der Waals surface area contributed by atoms with Gasteiger partial charge in [-0.3, -0.25) is 0 Å². The molecular formula is C9H12NOS. The molecule has 0 aromatic rings. The maximum Gasteiger partial charge on any atom is 0.0876 e. The Morgan fingerprint density at radius 1 is 1.67 bits per heavy atom. The number of hydrogen-bond donors (Lipinski definition) is 1. The van der Waals surface area contributed by atoms with Crippen LogP contribution in [0.4, 0.5) is 0 Å². The summed E-state index contributed by atoms with van der Waals surface area (Å²) in [4.78, 5) is 1.22. The van der Waals surface area contributed by atoms with Crippen LogP contribution in [0.1, 0.15) is 12.8 Å². The van der Waals surface area contributed by atoms with E-state index in [1.165, 1.54) is 4.91 Å². The molecule has 12 heavy (non-hydrogen) atoms. The number of nitrogens with zero attached hydrogens (tertiary/aromatic N) is 1. The van der Waals surface area contributed by atoms with Crippen molar-refractivity contribution in [1.82, 2.24) is 0 Å². The van der Waals surface area contributed by atoms with Crippen molar-refractivity contribution in [3.63, 3.8) is 0 Å². The van der Waals surface area contributed by atoms with Gasteiger partial charge < -0.3 is 5.21 Å². The third kappa shape index (κ3) is 1.91. The zero-order chi connectivity index (χ0) is 8.97. The Labute approximate surface area is 77.0 Å². The summed E-state index contributed by atoms with van der Waals surface area (Å²) < 4.78 is 0. The second kappa shape index (κ2) is 4.36. The van der Waals surface area contributed by atoms with Crippen molar-refractivity contribution in [2.75, 3.05) is 6.26 Å². The van der Waals surface area contributed by atoms with Gasteiger partial charge in [-0.2, -0.15) is 0 Å². The van der Waals surface area contributed by atoms with E-state index in [-0.39, 0.29) is 0 Å². The van der Waals surface area contributed by atoms with Gasteiger partial charge in [-0.1, -0.05) is 17.3 Å². The molecule has 0 aromatic heterocycles. The standard InChI is InChI=1S/C9H12NOS/c1-3-7-4-5-8(12-2)6-9(7)10-11/h4-5,11H,1,3,6H2,2H3. The molecule has 0 fully saturated rings. The average Bonchev–Trinajstić information content (AvgIpc) is 2.16. The summed E-state index contributed by atoms with van der Waals surface area (Å²) in [5.74, 6) is 0. The molecule has 1 N–H and O–H groups in total. The van der Waals surface area contributed by atoms with Crippen LogP contribution in [0.5, 0.6) is 0 Å². The second-order valence-electron chi connectivity index (χ2n) is 2.50. The van der Waals surface area contributed by atoms with Crippen molar-refractivity contribution in [2.24, 2.45) is 5.16 Å². The van der Waals surface area contributed by atoms with E-state index in [0.717, 1.165) is 17.7 Å². The van der Waals surface area contributed by atoms with Gasteiger partial charge in [-0.15, -0.1) is 11.8 Å². The molecule has 1 radical (unpaired) electrons. The van der Waals surface area contributed by atoms with Gasteiger partial charge in [-0.05, 0) is 30.1 Å². The Morgan fingerprint density at radius 3 is 2.92 bits per heavy atom. The first kappa shape index (κ1) is 9.39. The fourth-order valence-electron chi connectivity index (χ4n) is 1.09. The molecular weight excluding hydrogens is 170 g/mol. The summed E-state index contributed by atoms with van der Waals surface area (Å²) >= 11 is 1.68. The van der Waals surface area contributed by atoms with Gasteiger partial charge >= 0.3 is 0 Å². The fourth-order valence-corrected chi connectivity index (χ4v) is 1.58. The number of thioether (sulfide) groups is 1. The van der Waals surface area contributed by atoms with Crippen LogP contribution in [-0.2, 0) is 0 Å². The van der Waals surface area contributed by atoms with Gasteiger partial charge in [0.25, 0.3) is 0 Å². The first-order chi connectivity index (χ1) is 5.81. The van der Waals surface area contributed by atoms with E-state index in [9.17, 15) is 0 Å². The van der Waals surface area contributed by atoms with E-state index in [0.29, 0.717) is 6.42 Å². The molecule has 3 heteroatoms. The highest BCUT2D eigenvalue weighted by Gasteiger charge is 2.11. The van der Waals surface area contributed by atoms with Crippen LogP contribution >= 0.6 is 11.8 Å². The first-order valence-corrected chi connectivity index (χ1v) is 4.98. The van der Waals surface area contributed by atoms with Gasteiger partial charge in [0.15, 0.2) is 0 Å². The van der Waals surface area contributed by atoms with Gasteiger partial charge in [0, 0.05) is 6.42 Å². The fraction of sp³-hybridized carbons (Fsp3) is 0.333. The third-order valence-electron chi connectivity index (χ3n) is 1.83. The number of oxime groups is 1. The molecule has 0 aliphatic heterocycles. The van der Waals surface area contributed by atoms with E-state index in [1.807, 2.05) is 12.3 Å². The largest absolute Gasteiger partial charge is 0.411 e. The molecule has 1 aliphatic carbocycles. The van der Waals surface area contributed by atoms with Crippen LogP contribution in [0.25, 0.3) is 0 Å². The number of hydrogen-bond acceptors (Lipinski definition) is 3. The van der Waals surface area contributed by atoms with E-state index in [2.05, 4.69) is 18.2 Å². The highest BCUT2D eigenvalue weighted by molar-refractivity contribution is 8.02. The summed E-state index contributed by atoms with van der Waals surface area (Å²) in [5.41, 5.74) is 1.77. The molecule has 2 nitrogen and oxygen atoms in total. The summed E-state index contributed by atoms with van der Waals surface area (Å²) in [7, 11) is 0. The lowest BCUT2D eigenvalue weighted by molar-refractivity contribution is 0.318. The van der Waals surface area contributed by atoms with E-state index < -0.39 is 0 Å². The number of allylic oxidation sites excluding steroid dienone is 4. The minimum Gasteiger partial charge on any atom is -0.411 e. The number of rotatable bonds is 2. The summed E-state index contributed by atoms with van der Waals surface area (Å²) in [6, 6.07) is 0. The van der Waals surface area contributed by atoms with Gasteiger partial charge in [0.2, 0.25) is 0 Å². The van der Waals surface area contributed by atoms with Crippen molar-refractivity contribution in [3.8, 4) is 0 Å². The van der Waals surface area contributed by atoms with Crippen LogP contribution in [0.3, 0.4) is 0 Å². The molecule has 65 valence electrons. The van der Waals surface area contributed by atoms with Crippen LogP contribution in [-0.4, -0.2) is 17.2 Å². The molecule has 1 aliphatic rings. The molecule has 0 atom stereocenters. The first-order valence-electron chi connectivity index (χ1n) is 3.76. The normalized spacial score (nSPS) is 20.7. The summed E-state index contributed by atoms with van der Waals surface area (Å²) in [6.45, 7) is 3.76.